The highest BCUT2D eigenvalue weighted by Crippen LogP contribution is 2.29. The van der Waals surface area contributed by atoms with E-state index in [4.69, 9.17) is 9.47 Å². The van der Waals surface area contributed by atoms with Gasteiger partial charge in [0.05, 0.1) is 19.7 Å². The lowest BCUT2D eigenvalue weighted by molar-refractivity contribution is 0.0931. The minimum Gasteiger partial charge on any atom is -0.497 e. The molecule has 0 radical (unpaired) electrons. The van der Waals surface area contributed by atoms with Crippen molar-refractivity contribution in [2.75, 3.05) is 32.2 Å². The van der Waals surface area contributed by atoms with Gasteiger partial charge >= 0.3 is 0 Å². The zero-order valence-electron chi connectivity index (χ0n) is 20.3. The lowest BCUT2D eigenvalue weighted by atomic mass is 10.0. The van der Waals surface area contributed by atoms with Crippen LogP contribution in [0.2, 0.25) is 0 Å². The largest absolute Gasteiger partial charge is 0.497 e. The van der Waals surface area contributed by atoms with E-state index in [9.17, 15) is 9.59 Å². The SMILES string of the molecule is COc1cc(OC)c2c(=O)[nH]c(-c3ccc(N4CCC(NC(=O)c5ccccc5)CC4)cc3)nc2c1. The summed E-state index contributed by atoms with van der Waals surface area (Å²) in [6.45, 7) is 1.70. The van der Waals surface area contributed by atoms with Gasteiger partial charge in [-0.2, -0.15) is 0 Å². The van der Waals surface area contributed by atoms with Crippen molar-refractivity contribution in [2.24, 2.45) is 0 Å². The summed E-state index contributed by atoms with van der Waals surface area (Å²) in [6.07, 6.45) is 1.76. The summed E-state index contributed by atoms with van der Waals surface area (Å²) in [5.41, 5.74) is 2.84. The summed E-state index contributed by atoms with van der Waals surface area (Å²) in [5, 5.41) is 3.54. The van der Waals surface area contributed by atoms with Gasteiger partial charge in [0.2, 0.25) is 0 Å². The Labute approximate surface area is 208 Å². The first-order valence-electron chi connectivity index (χ1n) is 11.9. The molecule has 0 spiro atoms. The summed E-state index contributed by atoms with van der Waals surface area (Å²) < 4.78 is 10.7. The number of methoxy groups -OCH3 is 2. The van der Waals surface area contributed by atoms with Crippen molar-refractivity contribution in [1.82, 2.24) is 15.3 Å². The van der Waals surface area contributed by atoms with Gasteiger partial charge in [0.1, 0.15) is 22.7 Å². The van der Waals surface area contributed by atoms with Gasteiger partial charge in [-0.15, -0.1) is 0 Å². The molecular formula is C28H28N4O4. The van der Waals surface area contributed by atoms with Crippen LogP contribution in [0.1, 0.15) is 23.2 Å². The number of piperidine rings is 1. The molecule has 1 fully saturated rings. The van der Waals surface area contributed by atoms with Gasteiger partial charge in [0, 0.05) is 48.1 Å². The van der Waals surface area contributed by atoms with Crippen LogP contribution >= 0.6 is 0 Å². The molecule has 1 aliphatic heterocycles. The summed E-state index contributed by atoms with van der Waals surface area (Å²) in [6, 6.07) is 20.9. The molecular weight excluding hydrogens is 456 g/mol. The Morgan fingerprint density at radius 1 is 1.00 bits per heavy atom. The van der Waals surface area contributed by atoms with Gasteiger partial charge in [0.15, 0.2) is 0 Å². The van der Waals surface area contributed by atoms with Crippen molar-refractivity contribution in [3.8, 4) is 22.9 Å². The molecule has 1 saturated heterocycles. The summed E-state index contributed by atoms with van der Waals surface area (Å²) >= 11 is 0. The lowest BCUT2D eigenvalue weighted by Gasteiger charge is -2.34. The second-order valence-electron chi connectivity index (χ2n) is 8.79. The first kappa shape index (κ1) is 23.4. The van der Waals surface area contributed by atoms with E-state index in [1.165, 1.54) is 7.11 Å². The average molecular weight is 485 g/mol. The maximum atomic E-state index is 12.8. The van der Waals surface area contributed by atoms with Gasteiger partial charge in [-0.25, -0.2) is 4.98 Å². The Morgan fingerprint density at radius 2 is 1.72 bits per heavy atom. The second kappa shape index (κ2) is 10.1. The molecule has 0 atom stereocenters. The third kappa shape index (κ3) is 4.75. The number of fused-ring (bicyclic) bond motifs is 1. The fourth-order valence-corrected chi connectivity index (χ4v) is 4.60. The summed E-state index contributed by atoms with van der Waals surface area (Å²) in [5.74, 6) is 1.45. The van der Waals surface area contributed by atoms with Crippen molar-refractivity contribution in [1.29, 1.82) is 0 Å². The van der Waals surface area contributed by atoms with Crippen molar-refractivity contribution < 1.29 is 14.3 Å². The second-order valence-corrected chi connectivity index (χ2v) is 8.79. The minimum atomic E-state index is -0.266. The lowest BCUT2D eigenvalue weighted by Crippen LogP contribution is -2.44. The summed E-state index contributed by atoms with van der Waals surface area (Å²) in [7, 11) is 3.08. The number of aromatic nitrogens is 2. The highest BCUT2D eigenvalue weighted by molar-refractivity contribution is 5.94. The monoisotopic (exact) mass is 484 g/mol. The smallest absolute Gasteiger partial charge is 0.262 e. The quantitative estimate of drug-likeness (QED) is 0.429. The number of anilines is 1. The molecule has 8 nitrogen and oxygen atoms in total. The standard InChI is InChI=1S/C28H28N4O4/c1-35-22-16-23-25(24(17-22)36-2)28(34)31-26(30-23)18-8-10-21(11-9-18)32-14-12-20(13-15-32)29-27(33)19-6-4-3-5-7-19/h3-11,16-17,20H,12-15H2,1-2H3,(H,29,33)(H,30,31,34). The topological polar surface area (TPSA) is 96.5 Å². The van der Waals surface area contributed by atoms with Gasteiger partial charge in [-0.3, -0.25) is 9.59 Å². The number of nitrogens with zero attached hydrogens (tertiary/aromatic N) is 2. The molecule has 36 heavy (non-hydrogen) atoms. The molecule has 0 bridgehead atoms. The first-order chi connectivity index (χ1) is 17.6. The molecule has 2 N–H and O–H groups in total. The minimum absolute atomic E-state index is 0.0227. The number of aromatic amines is 1. The molecule has 8 heteroatoms. The van der Waals surface area contributed by atoms with Crippen molar-refractivity contribution >= 4 is 22.5 Å². The molecule has 0 unspecified atom stereocenters. The van der Waals surface area contributed by atoms with Crippen LogP contribution in [-0.4, -0.2) is 49.2 Å². The molecule has 1 amide bonds. The van der Waals surface area contributed by atoms with Crippen LogP contribution in [0.15, 0.2) is 71.5 Å². The Balaban J connectivity index is 1.28. The maximum absolute atomic E-state index is 12.8. The van der Waals surface area contributed by atoms with E-state index in [1.54, 1.807) is 19.2 Å². The van der Waals surface area contributed by atoms with Crippen LogP contribution in [0.25, 0.3) is 22.3 Å². The number of nitrogens with one attached hydrogen (secondary N) is 2. The predicted octanol–water partition coefficient (Wildman–Crippen LogP) is 4.01. The number of carbonyl (C=O) groups is 1. The number of benzene rings is 3. The van der Waals surface area contributed by atoms with Crippen LogP contribution in [-0.2, 0) is 0 Å². The van der Waals surface area contributed by atoms with E-state index in [0.717, 1.165) is 37.2 Å². The van der Waals surface area contributed by atoms with E-state index >= 15 is 0 Å². The average Bonchev–Trinajstić information content (AvgIpc) is 2.93. The van der Waals surface area contributed by atoms with E-state index in [2.05, 4.69) is 20.2 Å². The van der Waals surface area contributed by atoms with Gasteiger partial charge in [-0.1, -0.05) is 18.2 Å². The van der Waals surface area contributed by atoms with Crippen LogP contribution in [0.4, 0.5) is 5.69 Å². The van der Waals surface area contributed by atoms with Crippen molar-refractivity contribution in [3.05, 3.63) is 82.6 Å². The molecule has 0 aliphatic carbocycles. The van der Waals surface area contributed by atoms with Gasteiger partial charge < -0.3 is 24.7 Å². The first-order valence-corrected chi connectivity index (χ1v) is 11.9. The van der Waals surface area contributed by atoms with E-state index < -0.39 is 0 Å². The van der Waals surface area contributed by atoms with Crippen molar-refractivity contribution in [3.63, 3.8) is 0 Å². The van der Waals surface area contributed by atoms with Crippen molar-refractivity contribution in [2.45, 2.75) is 18.9 Å². The third-order valence-corrected chi connectivity index (χ3v) is 6.57. The number of rotatable bonds is 6. The van der Waals surface area contributed by atoms with Gasteiger partial charge in [0.25, 0.3) is 11.5 Å². The maximum Gasteiger partial charge on any atom is 0.262 e. The fourth-order valence-electron chi connectivity index (χ4n) is 4.60. The fraction of sp³-hybridized carbons (Fsp3) is 0.250. The van der Waals surface area contributed by atoms with Gasteiger partial charge in [-0.05, 0) is 49.2 Å². The molecule has 5 rings (SSSR count). The summed E-state index contributed by atoms with van der Waals surface area (Å²) in [4.78, 5) is 35.1. The normalized spacial score (nSPS) is 14.0. The van der Waals surface area contributed by atoms with E-state index in [0.29, 0.717) is 33.8 Å². The number of carbonyl (C=O) groups excluding carboxylic acids is 1. The molecule has 0 saturated carbocycles. The van der Waals surface area contributed by atoms with Crippen LogP contribution in [0.3, 0.4) is 0 Å². The molecule has 184 valence electrons. The molecule has 2 heterocycles. The van der Waals surface area contributed by atoms with Crippen LogP contribution < -0.4 is 25.2 Å². The number of H-pyrrole nitrogens is 1. The number of amides is 1. The molecule has 4 aromatic rings. The Kier molecular flexibility index (Phi) is 6.58. The Bertz CT molecular complexity index is 1430. The highest BCUT2D eigenvalue weighted by atomic mass is 16.5. The number of ether oxygens (including phenoxy) is 2. The predicted molar refractivity (Wildman–Crippen MR) is 140 cm³/mol. The van der Waals surface area contributed by atoms with Crippen LogP contribution in [0.5, 0.6) is 11.5 Å². The van der Waals surface area contributed by atoms with E-state index in [1.807, 2.05) is 54.6 Å². The Morgan fingerprint density at radius 3 is 2.39 bits per heavy atom. The Hall–Kier alpha value is -4.33. The third-order valence-electron chi connectivity index (χ3n) is 6.57. The van der Waals surface area contributed by atoms with E-state index in [-0.39, 0.29) is 17.5 Å². The zero-order valence-corrected chi connectivity index (χ0v) is 20.3. The highest BCUT2D eigenvalue weighted by Gasteiger charge is 2.21. The number of hydrogen-bond donors (Lipinski definition) is 2. The van der Waals surface area contributed by atoms with Crippen LogP contribution in [0, 0.1) is 0 Å². The molecule has 3 aromatic carbocycles. The zero-order chi connectivity index (χ0) is 25.1. The molecule has 1 aromatic heterocycles. The molecule has 1 aliphatic rings. The number of hydrogen-bond acceptors (Lipinski definition) is 6.